The molecule has 8 heteroatoms. The number of aromatic nitrogens is 1. The van der Waals surface area contributed by atoms with Crippen LogP contribution in [0.3, 0.4) is 0 Å². The van der Waals surface area contributed by atoms with Crippen molar-refractivity contribution in [1.29, 1.82) is 0 Å². The number of amides is 1. The van der Waals surface area contributed by atoms with Crippen LogP contribution in [-0.4, -0.2) is 58.8 Å². The van der Waals surface area contributed by atoms with Crippen molar-refractivity contribution in [3.8, 4) is 0 Å². The van der Waals surface area contributed by atoms with E-state index >= 15 is 0 Å². The molecule has 2 unspecified atom stereocenters. The van der Waals surface area contributed by atoms with Gasteiger partial charge in [0.1, 0.15) is 18.0 Å². The second-order valence-corrected chi connectivity index (χ2v) is 10.5. The van der Waals surface area contributed by atoms with Gasteiger partial charge in [-0.2, -0.15) is 0 Å². The van der Waals surface area contributed by atoms with Crippen molar-refractivity contribution < 1.29 is 19.4 Å². The zero-order valence-corrected chi connectivity index (χ0v) is 21.5. The van der Waals surface area contributed by atoms with E-state index in [4.69, 9.17) is 9.72 Å². The SMILES string of the molecule is O=C(NC(CCN(CCCCc1ccc2c(n1)NCCC2)C1CC1)C(=O)O)OC1CCc2ccccc21. The van der Waals surface area contributed by atoms with E-state index in [0.29, 0.717) is 19.0 Å². The normalized spacial score (nSPS) is 19.0. The molecule has 8 nitrogen and oxygen atoms in total. The van der Waals surface area contributed by atoms with Crippen LogP contribution in [0.1, 0.15) is 73.4 Å². The maximum atomic E-state index is 12.5. The number of pyridine rings is 1. The summed E-state index contributed by atoms with van der Waals surface area (Å²) in [5.41, 5.74) is 4.65. The second-order valence-electron chi connectivity index (χ2n) is 10.5. The number of anilines is 1. The number of carboxylic acid groups (broad SMARTS) is 1. The third-order valence-corrected chi connectivity index (χ3v) is 7.77. The van der Waals surface area contributed by atoms with Gasteiger partial charge in [0.05, 0.1) is 0 Å². The molecule has 0 spiro atoms. The lowest BCUT2D eigenvalue weighted by molar-refractivity contribution is -0.139. The first-order valence-electron chi connectivity index (χ1n) is 13.8. The minimum Gasteiger partial charge on any atom is -0.480 e. The number of hydrogen-bond acceptors (Lipinski definition) is 6. The van der Waals surface area contributed by atoms with Crippen molar-refractivity contribution in [3.63, 3.8) is 0 Å². The molecule has 1 aromatic heterocycles. The van der Waals surface area contributed by atoms with Crippen LogP contribution in [0.5, 0.6) is 0 Å². The Balaban J connectivity index is 1.06. The van der Waals surface area contributed by atoms with E-state index in [1.165, 1.54) is 17.5 Å². The maximum Gasteiger partial charge on any atom is 0.408 e. The van der Waals surface area contributed by atoms with Crippen molar-refractivity contribution in [1.82, 2.24) is 15.2 Å². The van der Waals surface area contributed by atoms with E-state index in [-0.39, 0.29) is 6.10 Å². The molecule has 0 saturated heterocycles. The Kier molecular flexibility index (Phi) is 8.24. The highest BCUT2D eigenvalue weighted by Crippen LogP contribution is 2.33. The molecule has 3 N–H and O–H groups in total. The number of carboxylic acids is 1. The smallest absolute Gasteiger partial charge is 0.408 e. The average molecular weight is 507 g/mol. The Bertz CT molecular complexity index is 1100. The molecular formula is C29H38N4O4. The predicted molar refractivity (Wildman–Crippen MR) is 142 cm³/mol. The van der Waals surface area contributed by atoms with E-state index in [1.807, 2.05) is 24.3 Å². The van der Waals surface area contributed by atoms with E-state index in [2.05, 4.69) is 27.7 Å². The number of fused-ring (bicyclic) bond motifs is 2. The summed E-state index contributed by atoms with van der Waals surface area (Å²) >= 11 is 0. The van der Waals surface area contributed by atoms with Gasteiger partial charge in [0.2, 0.25) is 0 Å². The van der Waals surface area contributed by atoms with Crippen LogP contribution in [0.25, 0.3) is 0 Å². The van der Waals surface area contributed by atoms with Gasteiger partial charge in [0.25, 0.3) is 0 Å². The fraction of sp³-hybridized carbons (Fsp3) is 0.552. The van der Waals surface area contributed by atoms with Gasteiger partial charge in [0, 0.05) is 24.8 Å². The molecule has 1 amide bonds. The number of aliphatic carboxylic acids is 1. The quantitative estimate of drug-likeness (QED) is 0.365. The van der Waals surface area contributed by atoms with Crippen molar-refractivity contribution >= 4 is 17.9 Å². The lowest BCUT2D eigenvalue weighted by Gasteiger charge is -2.24. The summed E-state index contributed by atoms with van der Waals surface area (Å²) < 4.78 is 5.60. The van der Waals surface area contributed by atoms with Crippen LogP contribution in [0.2, 0.25) is 0 Å². The summed E-state index contributed by atoms with van der Waals surface area (Å²) in [6.07, 6.45) is 8.62. The molecule has 1 aromatic carbocycles. The number of nitrogens with zero attached hydrogens (tertiary/aromatic N) is 2. The van der Waals surface area contributed by atoms with Crippen LogP contribution >= 0.6 is 0 Å². The lowest BCUT2D eigenvalue weighted by Crippen LogP contribution is -2.44. The summed E-state index contributed by atoms with van der Waals surface area (Å²) in [5.74, 6) is 0.0258. The molecule has 2 aliphatic carbocycles. The zero-order chi connectivity index (χ0) is 25.6. The Labute approximate surface area is 218 Å². The van der Waals surface area contributed by atoms with E-state index in [9.17, 15) is 14.7 Å². The van der Waals surface area contributed by atoms with Crippen LogP contribution < -0.4 is 10.6 Å². The molecule has 0 bridgehead atoms. The molecule has 5 rings (SSSR count). The molecular weight excluding hydrogens is 468 g/mol. The second kappa shape index (κ2) is 11.9. The van der Waals surface area contributed by atoms with Crippen molar-refractivity contribution in [2.24, 2.45) is 0 Å². The number of aryl methyl sites for hydroxylation is 3. The molecule has 2 atom stereocenters. The summed E-state index contributed by atoms with van der Waals surface area (Å²) in [5, 5.41) is 15.7. The summed E-state index contributed by atoms with van der Waals surface area (Å²) in [6, 6.07) is 11.9. The fourth-order valence-corrected chi connectivity index (χ4v) is 5.54. The summed E-state index contributed by atoms with van der Waals surface area (Å²) in [7, 11) is 0. The minimum absolute atomic E-state index is 0.311. The number of benzene rings is 1. The predicted octanol–water partition coefficient (Wildman–Crippen LogP) is 4.48. The first-order valence-corrected chi connectivity index (χ1v) is 13.8. The molecule has 1 aliphatic heterocycles. The van der Waals surface area contributed by atoms with Crippen LogP contribution in [-0.2, 0) is 28.8 Å². The topological polar surface area (TPSA) is 104 Å². The van der Waals surface area contributed by atoms with Crippen LogP contribution in [0.4, 0.5) is 10.6 Å². The Morgan fingerprint density at radius 1 is 1.08 bits per heavy atom. The van der Waals surface area contributed by atoms with E-state index in [0.717, 1.165) is 81.5 Å². The number of nitrogens with one attached hydrogen (secondary N) is 2. The maximum absolute atomic E-state index is 12.5. The number of unbranched alkanes of at least 4 members (excludes halogenated alkanes) is 1. The summed E-state index contributed by atoms with van der Waals surface area (Å²) in [6.45, 7) is 2.58. The van der Waals surface area contributed by atoms with Gasteiger partial charge < -0.3 is 25.4 Å². The van der Waals surface area contributed by atoms with Crippen molar-refractivity contribution in [2.45, 2.75) is 82.4 Å². The van der Waals surface area contributed by atoms with Crippen LogP contribution in [0.15, 0.2) is 36.4 Å². The van der Waals surface area contributed by atoms with Gasteiger partial charge in [-0.25, -0.2) is 14.6 Å². The number of carbonyl (C=O) groups excluding carboxylic acids is 1. The standard InChI is InChI=1S/C29H38N4O4/c34-28(35)25(32-29(36)37-26-15-11-20-6-1-2-9-24(20)26)16-19-33(23-13-14-23)18-4-3-8-22-12-10-21-7-5-17-30-27(21)31-22/h1-2,6,9-10,12,23,25-26H,3-5,7-8,11,13-19H2,(H,30,31)(H,32,36)(H,34,35). The largest absolute Gasteiger partial charge is 0.480 e. The van der Waals surface area contributed by atoms with Crippen molar-refractivity contribution in [3.05, 3.63) is 58.8 Å². The van der Waals surface area contributed by atoms with Gasteiger partial charge in [-0.3, -0.25) is 0 Å². The van der Waals surface area contributed by atoms with Gasteiger partial charge in [-0.05, 0) is 93.5 Å². The molecule has 198 valence electrons. The molecule has 2 aromatic rings. The first-order chi connectivity index (χ1) is 18.1. The first kappa shape index (κ1) is 25.5. The number of alkyl carbamates (subject to hydrolysis) is 1. The van der Waals surface area contributed by atoms with Gasteiger partial charge in [-0.15, -0.1) is 0 Å². The number of ether oxygens (including phenoxy) is 1. The molecule has 2 heterocycles. The highest BCUT2D eigenvalue weighted by atomic mass is 16.6. The fourth-order valence-electron chi connectivity index (χ4n) is 5.54. The summed E-state index contributed by atoms with van der Waals surface area (Å²) in [4.78, 5) is 31.6. The average Bonchev–Trinajstić information content (AvgIpc) is 3.68. The molecule has 1 saturated carbocycles. The van der Waals surface area contributed by atoms with Gasteiger partial charge in [-0.1, -0.05) is 30.3 Å². The van der Waals surface area contributed by atoms with Crippen molar-refractivity contribution in [2.75, 3.05) is 25.0 Å². The van der Waals surface area contributed by atoms with Gasteiger partial charge >= 0.3 is 12.1 Å². The van der Waals surface area contributed by atoms with E-state index in [1.54, 1.807) is 0 Å². The Morgan fingerprint density at radius 3 is 2.78 bits per heavy atom. The molecule has 1 fully saturated rings. The highest BCUT2D eigenvalue weighted by Gasteiger charge is 2.31. The van der Waals surface area contributed by atoms with Gasteiger partial charge in [0.15, 0.2) is 0 Å². The Morgan fingerprint density at radius 2 is 1.95 bits per heavy atom. The number of rotatable bonds is 12. The third kappa shape index (κ3) is 6.80. The molecule has 37 heavy (non-hydrogen) atoms. The number of hydrogen-bond donors (Lipinski definition) is 3. The van der Waals surface area contributed by atoms with Crippen LogP contribution in [0, 0.1) is 0 Å². The zero-order valence-electron chi connectivity index (χ0n) is 21.5. The molecule has 3 aliphatic rings. The Hall–Kier alpha value is -3.13. The molecule has 0 radical (unpaired) electrons. The highest BCUT2D eigenvalue weighted by molar-refractivity contribution is 5.80. The minimum atomic E-state index is -1.02. The monoisotopic (exact) mass is 506 g/mol. The lowest BCUT2D eigenvalue weighted by atomic mass is 10.1. The third-order valence-electron chi connectivity index (χ3n) is 7.77. The number of carbonyl (C=O) groups is 2. The van der Waals surface area contributed by atoms with E-state index < -0.39 is 18.1 Å².